The second-order valence-electron chi connectivity index (χ2n) is 5.01. The van der Waals surface area contributed by atoms with Gasteiger partial charge < -0.3 is 10.1 Å². The van der Waals surface area contributed by atoms with E-state index in [1.165, 1.54) is 0 Å². The summed E-state index contributed by atoms with van der Waals surface area (Å²) in [5, 5.41) is 2.88. The largest absolute Gasteiger partial charge is 0.444 e. The maximum atomic E-state index is 11.3. The summed E-state index contributed by atoms with van der Waals surface area (Å²) in [5.41, 5.74) is 0.561. The second kappa shape index (κ2) is 6.97. The van der Waals surface area contributed by atoms with Crippen molar-refractivity contribution in [2.24, 2.45) is 0 Å². The van der Waals surface area contributed by atoms with Crippen LogP contribution in [-0.4, -0.2) is 24.5 Å². The third-order valence-corrected chi connectivity index (χ3v) is 2.41. The van der Waals surface area contributed by atoms with Crippen molar-refractivity contribution >= 4 is 24.0 Å². The molecule has 0 radical (unpaired) electrons. The summed E-state index contributed by atoms with van der Waals surface area (Å²) >= 11 is 5.88. The first-order chi connectivity index (χ1) is 9.31. The lowest BCUT2D eigenvalue weighted by molar-refractivity contribution is 0.0535. The number of ether oxygens (including phenoxy) is 1. The minimum Gasteiger partial charge on any atom is -0.444 e. The van der Waals surface area contributed by atoms with Crippen LogP contribution >= 0.6 is 11.6 Å². The van der Waals surface area contributed by atoms with Gasteiger partial charge in [-0.05, 0) is 39.0 Å². The molecule has 0 aliphatic rings. The van der Waals surface area contributed by atoms with E-state index in [0.29, 0.717) is 22.4 Å². The lowest BCUT2D eigenvalue weighted by Gasteiger charge is -2.18. The van der Waals surface area contributed by atoms with E-state index in [1.54, 1.807) is 39.0 Å². The van der Waals surface area contributed by atoms with Crippen molar-refractivity contribution in [1.82, 2.24) is 5.32 Å². The molecule has 20 heavy (non-hydrogen) atoms. The smallest absolute Gasteiger partial charge is 0.408 e. The van der Waals surface area contributed by atoms with Crippen molar-refractivity contribution < 1.29 is 14.3 Å². The lowest BCUT2D eigenvalue weighted by atomic mass is 10.1. The molecule has 1 aromatic rings. The van der Waals surface area contributed by atoms with Gasteiger partial charge in [0.15, 0.2) is 6.29 Å². The molecule has 0 bridgehead atoms. The minimum absolute atomic E-state index is 0.169. The van der Waals surface area contributed by atoms with Gasteiger partial charge in [-0.25, -0.2) is 4.79 Å². The molecule has 5 heteroatoms. The fraction of sp³-hybridized carbons (Fsp3) is 0.333. The summed E-state index contributed by atoms with van der Waals surface area (Å²) in [5.74, 6) is 5.61. The van der Waals surface area contributed by atoms with Gasteiger partial charge in [-0.1, -0.05) is 23.4 Å². The number of rotatable bonds is 2. The van der Waals surface area contributed by atoms with E-state index in [1.807, 2.05) is 0 Å². The summed E-state index contributed by atoms with van der Waals surface area (Å²) in [6.07, 6.45) is 0.171. The molecule has 0 saturated heterocycles. The number of benzene rings is 1. The van der Waals surface area contributed by atoms with Crippen LogP contribution in [-0.2, 0) is 4.74 Å². The third kappa shape index (κ3) is 5.77. The number of hydrogen-bond acceptors (Lipinski definition) is 3. The predicted molar refractivity (Wildman–Crippen MR) is 78.0 cm³/mol. The number of hydrogen-bond donors (Lipinski definition) is 1. The van der Waals surface area contributed by atoms with Crippen molar-refractivity contribution in [2.75, 3.05) is 6.54 Å². The molecule has 0 fully saturated rings. The molecule has 1 aromatic carbocycles. The first-order valence-corrected chi connectivity index (χ1v) is 6.40. The Morgan fingerprint density at radius 1 is 1.45 bits per heavy atom. The maximum Gasteiger partial charge on any atom is 0.408 e. The zero-order chi connectivity index (χ0) is 15.2. The highest BCUT2D eigenvalue weighted by atomic mass is 35.5. The van der Waals surface area contributed by atoms with E-state index in [2.05, 4.69) is 17.2 Å². The van der Waals surface area contributed by atoms with Gasteiger partial charge >= 0.3 is 6.09 Å². The zero-order valence-corrected chi connectivity index (χ0v) is 12.4. The molecule has 1 amide bonds. The Morgan fingerprint density at radius 2 is 2.15 bits per heavy atom. The Labute approximate surface area is 123 Å². The fourth-order valence-electron chi connectivity index (χ4n) is 1.28. The average molecular weight is 294 g/mol. The molecule has 0 heterocycles. The van der Waals surface area contributed by atoms with Crippen molar-refractivity contribution in [3.05, 3.63) is 34.3 Å². The highest BCUT2D eigenvalue weighted by molar-refractivity contribution is 6.33. The highest BCUT2D eigenvalue weighted by Crippen LogP contribution is 2.15. The molecule has 0 aliphatic carbocycles. The van der Waals surface area contributed by atoms with Gasteiger partial charge in [0.2, 0.25) is 0 Å². The Hall–Kier alpha value is -1.99. The van der Waals surface area contributed by atoms with E-state index in [9.17, 15) is 9.59 Å². The molecule has 0 atom stereocenters. The standard InChI is InChI=1S/C15H16ClNO3/c1-15(2,3)20-14(19)17-8-4-5-11-6-7-12(10-18)13(16)9-11/h6-7,9-10H,8H2,1-3H3,(H,17,19). The Morgan fingerprint density at radius 3 is 2.70 bits per heavy atom. The van der Waals surface area contributed by atoms with Gasteiger partial charge in [0, 0.05) is 11.1 Å². The van der Waals surface area contributed by atoms with E-state index >= 15 is 0 Å². The summed E-state index contributed by atoms with van der Waals surface area (Å²) in [4.78, 5) is 22.0. The van der Waals surface area contributed by atoms with Crippen LogP contribution in [0.3, 0.4) is 0 Å². The normalized spacial score (nSPS) is 10.2. The zero-order valence-electron chi connectivity index (χ0n) is 11.6. The van der Waals surface area contributed by atoms with E-state index < -0.39 is 11.7 Å². The van der Waals surface area contributed by atoms with Gasteiger partial charge in [0.05, 0.1) is 11.6 Å². The summed E-state index contributed by atoms with van der Waals surface area (Å²) in [6, 6.07) is 4.89. The van der Waals surface area contributed by atoms with Gasteiger partial charge in [-0.2, -0.15) is 0 Å². The van der Waals surface area contributed by atoms with Gasteiger partial charge in [0.1, 0.15) is 5.60 Å². The molecule has 106 valence electrons. The molecule has 1 N–H and O–H groups in total. The molecule has 0 spiro atoms. The van der Waals surface area contributed by atoms with Crippen molar-refractivity contribution in [3.8, 4) is 11.8 Å². The lowest BCUT2D eigenvalue weighted by Crippen LogP contribution is -2.32. The molecule has 0 aromatic heterocycles. The highest BCUT2D eigenvalue weighted by Gasteiger charge is 2.14. The summed E-state index contributed by atoms with van der Waals surface area (Å²) in [7, 11) is 0. The Balaban J connectivity index is 2.53. The molecular formula is C15H16ClNO3. The molecule has 4 nitrogen and oxygen atoms in total. The van der Waals surface area contributed by atoms with E-state index in [-0.39, 0.29) is 6.54 Å². The molecule has 0 saturated carbocycles. The predicted octanol–water partition coefficient (Wildman–Crippen LogP) is 3.03. The van der Waals surface area contributed by atoms with E-state index in [0.717, 1.165) is 0 Å². The SMILES string of the molecule is CC(C)(C)OC(=O)NCC#Cc1ccc(C=O)c(Cl)c1. The first-order valence-electron chi connectivity index (χ1n) is 6.02. The van der Waals surface area contributed by atoms with Crippen LogP contribution in [0, 0.1) is 11.8 Å². The van der Waals surface area contributed by atoms with Crippen molar-refractivity contribution in [2.45, 2.75) is 26.4 Å². The number of aldehydes is 1. The van der Waals surface area contributed by atoms with Crippen LogP contribution in [0.4, 0.5) is 4.79 Å². The Kier molecular flexibility index (Phi) is 5.60. The topological polar surface area (TPSA) is 55.4 Å². The fourth-order valence-corrected chi connectivity index (χ4v) is 1.50. The number of amides is 1. The number of carbonyl (C=O) groups excluding carboxylic acids is 2. The number of halogens is 1. The van der Waals surface area contributed by atoms with Crippen LogP contribution in [0.1, 0.15) is 36.7 Å². The molecule has 1 rings (SSSR count). The maximum absolute atomic E-state index is 11.3. The number of nitrogens with one attached hydrogen (secondary N) is 1. The number of alkyl carbamates (subject to hydrolysis) is 1. The first kappa shape index (κ1) is 16.1. The van der Waals surface area contributed by atoms with Crippen LogP contribution in [0.15, 0.2) is 18.2 Å². The van der Waals surface area contributed by atoms with E-state index in [4.69, 9.17) is 16.3 Å². The van der Waals surface area contributed by atoms with Gasteiger partial charge in [0.25, 0.3) is 0 Å². The van der Waals surface area contributed by atoms with Crippen LogP contribution < -0.4 is 5.32 Å². The van der Waals surface area contributed by atoms with Gasteiger partial charge in [-0.3, -0.25) is 4.79 Å². The van der Waals surface area contributed by atoms with Crippen molar-refractivity contribution in [3.63, 3.8) is 0 Å². The quantitative estimate of drug-likeness (QED) is 0.673. The third-order valence-electron chi connectivity index (χ3n) is 2.08. The summed E-state index contributed by atoms with van der Waals surface area (Å²) in [6.45, 7) is 5.53. The molecule has 0 unspecified atom stereocenters. The average Bonchev–Trinajstić information content (AvgIpc) is 2.33. The van der Waals surface area contributed by atoms with Crippen molar-refractivity contribution in [1.29, 1.82) is 0 Å². The monoisotopic (exact) mass is 293 g/mol. The minimum atomic E-state index is -0.532. The Bertz CT molecular complexity index is 565. The molecule has 0 aliphatic heterocycles. The second-order valence-corrected chi connectivity index (χ2v) is 5.42. The van der Waals surface area contributed by atoms with Gasteiger partial charge in [-0.15, -0.1) is 0 Å². The van der Waals surface area contributed by atoms with Crippen LogP contribution in [0.25, 0.3) is 0 Å². The van der Waals surface area contributed by atoms with Crippen LogP contribution in [0.2, 0.25) is 5.02 Å². The molecular weight excluding hydrogens is 278 g/mol. The summed E-state index contributed by atoms with van der Waals surface area (Å²) < 4.78 is 5.06. The number of carbonyl (C=O) groups is 2. The van der Waals surface area contributed by atoms with Crippen LogP contribution in [0.5, 0.6) is 0 Å².